The van der Waals surface area contributed by atoms with Crippen molar-refractivity contribution >= 4 is 33.2 Å². The quantitative estimate of drug-likeness (QED) is 0.661. The number of rotatable bonds is 5. The first-order valence-corrected chi connectivity index (χ1v) is 12.4. The van der Waals surface area contributed by atoms with Gasteiger partial charge in [-0.1, -0.05) is 0 Å². The van der Waals surface area contributed by atoms with Crippen LogP contribution in [0.2, 0.25) is 0 Å². The minimum atomic E-state index is -0.0569. The first-order valence-electron chi connectivity index (χ1n) is 11.5. The molecule has 4 aliphatic rings. The second-order valence-electron chi connectivity index (χ2n) is 10.3. The van der Waals surface area contributed by atoms with E-state index in [4.69, 9.17) is 0 Å². The Kier molecular flexibility index (Phi) is 4.32. The summed E-state index contributed by atoms with van der Waals surface area (Å²) >= 11 is 1.43. The minimum absolute atomic E-state index is 0.0569. The second-order valence-corrected chi connectivity index (χ2v) is 11.2. The molecule has 164 valence electrons. The van der Waals surface area contributed by atoms with Crippen LogP contribution < -0.4 is 10.9 Å². The zero-order valence-electron chi connectivity index (χ0n) is 18.1. The van der Waals surface area contributed by atoms with Gasteiger partial charge in [0.25, 0.3) is 5.56 Å². The van der Waals surface area contributed by atoms with Crippen molar-refractivity contribution in [2.75, 3.05) is 0 Å². The second kappa shape index (κ2) is 6.89. The van der Waals surface area contributed by atoms with Gasteiger partial charge in [0.2, 0.25) is 11.7 Å². The fourth-order valence-corrected chi connectivity index (χ4v) is 8.07. The largest absolute Gasteiger partial charge is 0.353 e. The van der Waals surface area contributed by atoms with Gasteiger partial charge >= 0.3 is 0 Å². The van der Waals surface area contributed by atoms with Crippen LogP contribution in [0.25, 0.3) is 16.0 Å². The van der Waals surface area contributed by atoms with Crippen LogP contribution in [-0.2, 0) is 18.3 Å². The van der Waals surface area contributed by atoms with E-state index in [0.29, 0.717) is 28.7 Å². The van der Waals surface area contributed by atoms with E-state index in [1.54, 1.807) is 7.05 Å². The van der Waals surface area contributed by atoms with E-state index in [2.05, 4.69) is 22.4 Å². The van der Waals surface area contributed by atoms with Crippen molar-refractivity contribution in [2.45, 2.75) is 64.3 Å². The molecular formula is C23H29N5O2S. The van der Waals surface area contributed by atoms with Gasteiger partial charge in [0.05, 0.1) is 5.52 Å². The number of thiophene rings is 1. The summed E-state index contributed by atoms with van der Waals surface area (Å²) in [5.41, 5.74) is 1.08. The Bertz CT molecular complexity index is 1200. The molecule has 3 aromatic rings. The maximum atomic E-state index is 12.9. The summed E-state index contributed by atoms with van der Waals surface area (Å²) in [7, 11) is 1.72. The molecule has 4 fully saturated rings. The lowest BCUT2D eigenvalue weighted by Gasteiger charge is -2.59. The van der Waals surface area contributed by atoms with Gasteiger partial charge in [0.1, 0.15) is 10.5 Å². The molecule has 4 aliphatic carbocycles. The summed E-state index contributed by atoms with van der Waals surface area (Å²) in [5.74, 6) is 3.99. The zero-order chi connectivity index (χ0) is 21.3. The van der Waals surface area contributed by atoms with Crippen LogP contribution in [0.5, 0.6) is 0 Å². The molecule has 1 amide bonds. The molecular weight excluding hydrogens is 410 g/mol. The van der Waals surface area contributed by atoms with E-state index in [1.807, 2.05) is 15.8 Å². The van der Waals surface area contributed by atoms with Crippen LogP contribution in [0.3, 0.4) is 0 Å². The van der Waals surface area contributed by atoms with Gasteiger partial charge in [-0.15, -0.1) is 21.5 Å². The van der Waals surface area contributed by atoms with Gasteiger partial charge in [-0.25, -0.2) is 0 Å². The number of amides is 1. The molecule has 1 unspecified atom stereocenters. The van der Waals surface area contributed by atoms with Crippen molar-refractivity contribution in [1.29, 1.82) is 0 Å². The van der Waals surface area contributed by atoms with Gasteiger partial charge in [-0.05, 0) is 80.1 Å². The third-order valence-electron chi connectivity index (χ3n) is 8.35. The lowest BCUT2D eigenvalue weighted by molar-refractivity contribution is -0.125. The Balaban J connectivity index is 1.18. The molecule has 0 aromatic carbocycles. The van der Waals surface area contributed by atoms with Crippen LogP contribution in [0, 0.1) is 23.2 Å². The standard InChI is InChI=1S/C23H29N5O2S/c1-13(23-10-14-7-15(11-23)9-16(8-14)12-23)24-19(29)4-3-18-25-26-22-27(2)21(30)20-17(28(18)22)5-6-31-20/h5-6,13-16H,3-4,7-12H2,1-2H3,(H,24,29). The van der Waals surface area contributed by atoms with Crippen molar-refractivity contribution in [1.82, 2.24) is 24.5 Å². The number of hydrogen-bond donors (Lipinski definition) is 1. The van der Waals surface area contributed by atoms with Gasteiger partial charge in [0, 0.05) is 25.9 Å². The average molecular weight is 440 g/mol. The molecule has 1 N–H and O–H groups in total. The van der Waals surface area contributed by atoms with E-state index in [9.17, 15) is 9.59 Å². The first-order chi connectivity index (χ1) is 14.9. The molecule has 4 bridgehead atoms. The molecule has 3 heterocycles. The zero-order valence-corrected chi connectivity index (χ0v) is 19.0. The number of aryl methyl sites for hydroxylation is 2. The molecule has 8 heteroatoms. The smallest absolute Gasteiger partial charge is 0.272 e. The van der Waals surface area contributed by atoms with Crippen molar-refractivity contribution in [3.8, 4) is 0 Å². The van der Waals surface area contributed by atoms with Gasteiger partial charge < -0.3 is 5.32 Å². The monoisotopic (exact) mass is 439 g/mol. The summed E-state index contributed by atoms with van der Waals surface area (Å²) in [6.45, 7) is 2.22. The summed E-state index contributed by atoms with van der Waals surface area (Å²) in [5, 5.41) is 13.8. The van der Waals surface area contributed by atoms with Crippen LogP contribution in [-0.4, -0.2) is 31.1 Å². The van der Waals surface area contributed by atoms with Crippen LogP contribution in [0.1, 0.15) is 57.7 Å². The Morgan fingerprint density at radius 1 is 1.23 bits per heavy atom. The van der Waals surface area contributed by atoms with E-state index < -0.39 is 0 Å². The topological polar surface area (TPSA) is 81.3 Å². The highest BCUT2D eigenvalue weighted by molar-refractivity contribution is 7.17. The van der Waals surface area contributed by atoms with Crippen LogP contribution >= 0.6 is 11.3 Å². The molecule has 4 saturated carbocycles. The molecule has 0 spiro atoms. The number of nitrogens with zero attached hydrogens (tertiary/aromatic N) is 4. The lowest BCUT2D eigenvalue weighted by Crippen LogP contribution is -2.55. The molecule has 31 heavy (non-hydrogen) atoms. The maximum Gasteiger partial charge on any atom is 0.272 e. The Morgan fingerprint density at radius 2 is 1.90 bits per heavy atom. The molecule has 3 aromatic heterocycles. The summed E-state index contributed by atoms with van der Waals surface area (Å²) in [4.78, 5) is 25.4. The van der Waals surface area contributed by atoms with E-state index in [1.165, 1.54) is 54.4 Å². The predicted octanol–water partition coefficient (Wildman–Crippen LogP) is 3.30. The van der Waals surface area contributed by atoms with Crippen molar-refractivity contribution in [3.63, 3.8) is 0 Å². The normalized spacial score (nSPS) is 30.3. The molecule has 7 nitrogen and oxygen atoms in total. The van der Waals surface area contributed by atoms with Crippen molar-refractivity contribution < 1.29 is 4.79 Å². The van der Waals surface area contributed by atoms with Gasteiger partial charge in [-0.2, -0.15) is 0 Å². The fourth-order valence-electron chi connectivity index (χ4n) is 7.21. The van der Waals surface area contributed by atoms with Crippen molar-refractivity contribution in [3.05, 3.63) is 27.6 Å². The number of carbonyl (C=O) groups excluding carboxylic acids is 1. The summed E-state index contributed by atoms with van der Waals surface area (Å²) in [6, 6.07) is 2.16. The molecule has 0 saturated heterocycles. The Hall–Kier alpha value is -2.22. The average Bonchev–Trinajstić information content (AvgIpc) is 3.36. The molecule has 7 rings (SSSR count). The highest BCUT2D eigenvalue weighted by atomic mass is 32.1. The van der Waals surface area contributed by atoms with E-state index in [0.717, 1.165) is 29.1 Å². The third kappa shape index (κ3) is 2.97. The Labute approximate surface area is 184 Å². The van der Waals surface area contributed by atoms with E-state index in [-0.39, 0.29) is 17.5 Å². The van der Waals surface area contributed by atoms with Gasteiger partial charge in [0.15, 0.2) is 0 Å². The highest BCUT2D eigenvalue weighted by Gasteiger charge is 2.53. The number of nitrogens with one attached hydrogen (secondary N) is 1. The lowest BCUT2D eigenvalue weighted by atomic mass is 9.48. The van der Waals surface area contributed by atoms with E-state index >= 15 is 0 Å². The highest BCUT2D eigenvalue weighted by Crippen LogP contribution is 2.61. The number of hydrogen-bond acceptors (Lipinski definition) is 5. The third-order valence-corrected chi connectivity index (χ3v) is 9.25. The Morgan fingerprint density at radius 3 is 2.58 bits per heavy atom. The number of fused-ring (bicyclic) bond motifs is 3. The predicted molar refractivity (Wildman–Crippen MR) is 120 cm³/mol. The molecule has 0 aliphatic heterocycles. The summed E-state index contributed by atoms with van der Waals surface area (Å²) in [6.07, 6.45) is 9.01. The molecule has 0 radical (unpaired) electrons. The van der Waals surface area contributed by atoms with Crippen molar-refractivity contribution in [2.24, 2.45) is 30.2 Å². The van der Waals surface area contributed by atoms with Crippen LogP contribution in [0.4, 0.5) is 0 Å². The number of carbonyl (C=O) groups is 1. The first kappa shape index (κ1) is 19.5. The number of aromatic nitrogens is 4. The van der Waals surface area contributed by atoms with Crippen LogP contribution in [0.15, 0.2) is 16.2 Å². The fraction of sp³-hybridized carbons (Fsp3) is 0.652. The minimum Gasteiger partial charge on any atom is -0.353 e. The summed E-state index contributed by atoms with van der Waals surface area (Å²) < 4.78 is 4.14. The maximum absolute atomic E-state index is 12.9. The SMILES string of the molecule is CC(NC(=O)CCc1nnc2n(C)c(=O)c3sccc3n12)C12CC3CC(CC(C3)C1)C2. The van der Waals surface area contributed by atoms with Gasteiger partial charge in [-0.3, -0.25) is 18.6 Å². The molecule has 1 atom stereocenters.